The fraction of sp³-hybridized carbons (Fsp3) is 0.444. The van der Waals surface area contributed by atoms with E-state index < -0.39 is 0 Å². The van der Waals surface area contributed by atoms with E-state index >= 15 is 0 Å². The molecule has 3 nitrogen and oxygen atoms in total. The normalized spacial score (nSPS) is 22.0. The van der Waals surface area contributed by atoms with Crippen molar-refractivity contribution in [3.8, 4) is 0 Å². The summed E-state index contributed by atoms with van der Waals surface area (Å²) < 4.78 is 0.699. The molecule has 1 aromatic carbocycles. The number of likely N-dealkylation sites (tertiary alicyclic amines) is 1. The molecule has 2 aliphatic heterocycles. The number of thiocarbonyl (C=S) groups is 1. The van der Waals surface area contributed by atoms with Gasteiger partial charge in [0.05, 0.1) is 18.0 Å². The Bertz CT molecular complexity index is 616. The summed E-state index contributed by atoms with van der Waals surface area (Å²) in [4.78, 5) is 16.7. The highest BCUT2D eigenvalue weighted by atomic mass is 32.2. The van der Waals surface area contributed by atoms with Gasteiger partial charge < -0.3 is 4.90 Å². The topological polar surface area (TPSA) is 24.8 Å². The second kappa shape index (κ2) is 7.60. The maximum atomic E-state index is 12.7. The number of hydrogen-bond donors (Lipinski definition) is 1. The van der Waals surface area contributed by atoms with Gasteiger partial charge in [0, 0.05) is 0 Å². The first-order valence-electron chi connectivity index (χ1n) is 8.29. The Balaban J connectivity index is 1.70. The van der Waals surface area contributed by atoms with Crippen molar-refractivity contribution in [1.29, 1.82) is 0 Å². The summed E-state index contributed by atoms with van der Waals surface area (Å²) in [6, 6.07) is 8.21. The number of aryl methyl sites for hydroxylation is 1. The lowest BCUT2D eigenvalue weighted by molar-refractivity contribution is -0.906. The first-order valence-corrected chi connectivity index (χ1v) is 9.51. The molecule has 5 heteroatoms. The van der Waals surface area contributed by atoms with Gasteiger partial charge in [0.25, 0.3) is 5.91 Å². The molecule has 1 amide bonds. The van der Waals surface area contributed by atoms with Crippen molar-refractivity contribution in [3.05, 3.63) is 40.3 Å². The van der Waals surface area contributed by atoms with Crippen LogP contribution in [-0.2, 0) is 4.79 Å². The predicted molar refractivity (Wildman–Crippen MR) is 100 cm³/mol. The average Bonchev–Trinajstić information content (AvgIpc) is 2.75. The Kier molecular flexibility index (Phi) is 5.51. The Morgan fingerprint density at radius 3 is 2.48 bits per heavy atom. The van der Waals surface area contributed by atoms with E-state index in [-0.39, 0.29) is 5.91 Å². The molecule has 0 atom stereocenters. The van der Waals surface area contributed by atoms with Gasteiger partial charge in [-0.15, -0.1) is 0 Å². The second-order valence-electron chi connectivity index (χ2n) is 6.34. The summed E-state index contributed by atoms with van der Waals surface area (Å²) in [5.74, 6) is 0.0670. The number of amides is 1. The molecule has 2 saturated heterocycles. The summed E-state index contributed by atoms with van der Waals surface area (Å²) >= 11 is 6.88. The van der Waals surface area contributed by atoms with Crippen molar-refractivity contribution in [2.75, 3.05) is 19.8 Å². The number of nitrogens with zero attached hydrogens (tertiary/aromatic N) is 1. The largest absolute Gasteiger partial charge is 0.317 e. The molecular weight excluding hydrogens is 324 g/mol. The summed E-state index contributed by atoms with van der Waals surface area (Å²) in [6.07, 6.45) is 7.09. The maximum absolute atomic E-state index is 12.7. The molecule has 0 spiro atoms. The number of carbonyl (C=O) groups is 1. The highest BCUT2D eigenvalue weighted by molar-refractivity contribution is 8.26. The third-order valence-electron chi connectivity index (χ3n) is 4.44. The molecule has 0 saturated carbocycles. The van der Waals surface area contributed by atoms with Crippen molar-refractivity contribution in [2.45, 2.75) is 32.6 Å². The number of carbonyl (C=O) groups excluding carboxylic acids is 1. The summed E-state index contributed by atoms with van der Waals surface area (Å²) in [5, 5.41) is 0. The number of hydrogen-bond acceptors (Lipinski definition) is 3. The third-order valence-corrected chi connectivity index (χ3v) is 5.82. The lowest BCUT2D eigenvalue weighted by Gasteiger charge is -2.22. The molecule has 1 aromatic rings. The first kappa shape index (κ1) is 16.7. The van der Waals surface area contributed by atoms with E-state index in [1.807, 2.05) is 18.2 Å². The van der Waals surface area contributed by atoms with Gasteiger partial charge in [0.15, 0.2) is 11.0 Å². The maximum Gasteiger partial charge on any atom is 0.270 e. The summed E-state index contributed by atoms with van der Waals surface area (Å²) in [5.41, 5.74) is 2.28. The number of thioether (sulfide) groups is 1. The highest BCUT2D eigenvalue weighted by Gasteiger charge is 2.34. The van der Waals surface area contributed by atoms with Crippen molar-refractivity contribution in [1.82, 2.24) is 4.90 Å². The smallest absolute Gasteiger partial charge is 0.270 e. The molecule has 1 N–H and O–H groups in total. The van der Waals surface area contributed by atoms with Crippen LogP contribution in [0.25, 0.3) is 6.08 Å². The van der Waals surface area contributed by atoms with Crippen molar-refractivity contribution in [2.24, 2.45) is 0 Å². The fourth-order valence-electron chi connectivity index (χ4n) is 3.06. The van der Waals surface area contributed by atoms with Gasteiger partial charge in [0.2, 0.25) is 0 Å². The molecule has 2 aliphatic rings. The minimum atomic E-state index is 0.0670. The van der Waals surface area contributed by atoms with Crippen molar-refractivity contribution in [3.63, 3.8) is 0 Å². The van der Waals surface area contributed by atoms with Gasteiger partial charge in [-0.3, -0.25) is 4.79 Å². The molecule has 122 valence electrons. The van der Waals surface area contributed by atoms with Crippen LogP contribution in [0.2, 0.25) is 0 Å². The third kappa shape index (κ3) is 4.22. The second-order valence-corrected chi connectivity index (χ2v) is 8.02. The zero-order valence-corrected chi connectivity index (χ0v) is 15.1. The van der Waals surface area contributed by atoms with Gasteiger partial charge in [-0.2, -0.15) is 0 Å². The number of benzene rings is 1. The van der Waals surface area contributed by atoms with Crippen LogP contribution in [0.5, 0.6) is 0 Å². The summed E-state index contributed by atoms with van der Waals surface area (Å²) in [7, 11) is 0. The Labute approximate surface area is 147 Å². The average molecular weight is 348 g/mol. The first-order chi connectivity index (χ1) is 11.1. The Morgan fingerprint density at radius 1 is 1.17 bits per heavy atom. The van der Waals surface area contributed by atoms with E-state index in [0.29, 0.717) is 4.32 Å². The minimum absolute atomic E-state index is 0.0670. The Morgan fingerprint density at radius 2 is 1.83 bits per heavy atom. The SMILES string of the molecule is Cc1ccc(/C=C2/SC(=S)N(C[NH+]3CCCCCC3)C2=O)cc1. The monoisotopic (exact) mass is 347 g/mol. The van der Waals surface area contributed by atoms with Crippen molar-refractivity contribution >= 4 is 40.3 Å². The van der Waals surface area contributed by atoms with Crippen LogP contribution < -0.4 is 4.90 Å². The van der Waals surface area contributed by atoms with Gasteiger partial charge in [-0.25, -0.2) is 4.90 Å². The molecule has 2 heterocycles. The van der Waals surface area contributed by atoms with Crippen LogP contribution in [0.3, 0.4) is 0 Å². The lowest BCUT2D eigenvalue weighted by Crippen LogP contribution is -3.13. The lowest BCUT2D eigenvalue weighted by atomic mass is 10.1. The minimum Gasteiger partial charge on any atom is -0.317 e. The van der Waals surface area contributed by atoms with Gasteiger partial charge >= 0.3 is 0 Å². The molecule has 0 aliphatic carbocycles. The van der Waals surface area contributed by atoms with E-state index in [9.17, 15) is 4.79 Å². The molecular formula is C18H23N2OS2+. The fourth-order valence-corrected chi connectivity index (χ4v) is 4.32. The standard InChI is InChI=1S/C18H22N2OS2/c1-14-6-8-15(9-7-14)12-16-17(21)20(18(22)23-16)13-19-10-4-2-3-5-11-19/h6-9,12H,2-5,10-11,13H2,1H3/p+1/b16-12+. The van der Waals surface area contributed by atoms with Crippen LogP contribution in [-0.4, -0.2) is 34.9 Å². The quantitative estimate of drug-likeness (QED) is 0.672. The van der Waals surface area contributed by atoms with Gasteiger partial charge in [-0.1, -0.05) is 53.8 Å². The number of nitrogens with one attached hydrogen (secondary N) is 1. The van der Waals surface area contributed by atoms with E-state index in [1.54, 1.807) is 4.90 Å². The molecule has 0 aromatic heterocycles. The molecule has 0 radical (unpaired) electrons. The van der Waals surface area contributed by atoms with Gasteiger partial charge in [-0.05, 0) is 44.2 Å². The van der Waals surface area contributed by atoms with E-state index in [0.717, 1.165) is 30.2 Å². The van der Waals surface area contributed by atoms with Gasteiger partial charge in [0.1, 0.15) is 0 Å². The Hall–Kier alpha value is -1.17. The number of rotatable bonds is 3. The van der Waals surface area contributed by atoms with Crippen LogP contribution in [0.15, 0.2) is 29.2 Å². The molecule has 0 bridgehead atoms. The van der Waals surface area contributed by atoms with E-state index in [1.165, 1.54) is 47.9 Å². The van der Waals surface area contributed by atoms with Crippen LogP contribution in [0, 0.1) is 6.92 Å². The molecule has 2 fully saturated rings. The van der Waals surface area contributed by atoms with E-state index in [4.69, 9.17) is 12.2 Å². The zero-order valence-electron chi connectivity index (χ0n) is 13.5. The molecule has 0 unspecified atom stereocenters. The number of quaternary nitrogens is 1. The van der Waals surface area contributed by atoms with Crippen LogP contribution in [0.1, 0.15) is 36.8 Å². The molecule has 23 heavy (non-hydrogen) atoms. The highest BCUT2D eigenvalue weighted by Crippen LogP contribution is 2.31. The predicted octanol–water partition coefficient (Wildman–Crippen LogP) is 2.61. The van der Waals surface area contributed by atoms with E-state index in [2.05, 4.69) is 19.1 Å². The summed E-state index contributed by atoms with van der Waals surface area (Å²) in [6.45, 7) is 5.07. The van der Waals surface area contributed by atoms with Crippen LogP contribution in [0.4, 0.5) is 0 Å². The van der Waals surface area contributed by atoms with Crippen LogP contribution >= 0.6 is 24.0 Å². The molecule has 3 rings (SSSR count). The van der Waals surface area contributed by atoms with Crippen molar-refractivity contribution < 1.29 is 9.69 Å². The zero-order chi connectivity index (χ0) is 16.2.